The largest absolute Gasteiger partial charge is 0.433 e. The Hall–Kier alpha value is -4.15. The number of carbonyl (C=O) groups is 1. The maximum atomic E-state index is 12.6. The van der Waals surface area contributed by atoms with Crippen molar-refractivity contribution in [3.05, 3.63) is 75.8 Å². The number of imidazole rings is 1. The molecule has 0 radical (unpaired) electrons. The molecule has 0 unspecified atom stereocenters. The zero-order valence-electron chi connectivity index (χ0n) is 14.9. The summed E-state index contributed by atoms with van der Waals surface area (Å²) in [5, 5.41) is 13.3. The maximum Gasteiger partial charge on any atom is 0.433 e. The van der Waals surface area contributed by atoms with Crippen molar-refractivity contribution in [2.24, 2.45) is 0 Å². The van der Waals surface area contributed by atoms with Gasteiger partial charge in [0, 0.05) is 11.3 Å². The van der Waals surface area contributed by atoms with E-state index in [0.29, 0.717) is 11.0 Å². The van der Waals surface area contributed by atoms with E-state index in [1.807, 2.05) is 0 Å². The molecule has 2 aromatic carbocycles. The molecule has 2 heterocycles. The van der Waals surface area contributed by atoms with Crippen LogP contribution in [0.5, 0.6) is 0 Å². The number of hydrogen-bond acceptors (Lipinski definition) is 5. The highest BCUT2D eigenvalue weighted by Crippen LogP contribution is 2.30. The minimum absolute atomic E-state index is 0.161. The fourth-order valence-electron chi connectivity index (χ4n) is 2.77. The first-order valence-corrected chi connectivity index (χ1v) is 8.44. The van der Waals surface area contributed by atoms with Gasteiger partial charge in [0.15, 0.2) is 11.6 Å². The van der Waals surface area contributed by atoms with Crippen molar-refractivity contribution in [2.45, 2.75) is 6.18 Å². The lowest BCUT2D eigenvalue weighted by molar-refractivity contribution is -0.401. The number of nitrogens with one attached hydrogen (secondary N) is 2. The lowest BCUT2D eigenvalue weighted by Crippen LogP contribution is -2.12. The number of rotatable bonds is 4. The average Bonchev–Trinajstić information content (AvgIpc) is 3.34. The number of H-pyrrole nitrogens is 1. The van der Waals surface area contributed by atoms with Crippen LogP contribution in [0.4, 0.5) is 24.7 Å². The molecule has 2 N–H and O–H groups in total. The molecule has 0 atom stereocenters. The Balaban J connectivity index is 1.55. The van der Waals surface area contributed by atoms with E-state index in [-0.39, 0.29) is 22.8 Å². The van der Waals surface area contributed by atoms with E-state index >= 15 is 0 Å². The number of amides is 1. The van der Waals surface area contributed by atoms with Gasteiger partial charge in [-0.15, -0.1) is 0 Å². The molecule has 152 valence electrons. The van der Waals surface area contributed by atoms with Gasteiger partial charge in [-0.2, -0.15) is 13.2 Å². The molecule has 0 aliphatic heterocycles. The van der Waals surface area contributed by atoms with Crippen molar-refractivity contribution < 1.29 is 27.3 Å². The van der Waals surface area contributed by atoms with Crippen LogP contribution in [-0.2, 0) is 6.18 Å². The summed E-state index contributed by atoms with van der Waals surface area (Å²) >= 11 is 0. The van der Waals surface area contributed by atoms with Crippen LogP contribution < -0.4 is 5.32 Å². The minimum Gasteiger partial charge on any atom is -0.397 e. The molecule has 30 heavy (non-hydrogen) atoms. The Morgan fingerprint density at radius 2 is 1.83 bits per heavy atom. The molecule has 0 saturated heterocycles. The quantitative estimate of drug-likeness (QED) is 0.359. The highest BCUT2D eigenvalue weighted by atomic mass is 19.4. The Morgan fingerprint density at radius 3 is 2.47 bits per heavy atom. The number of nitrogens with zero attached hydrogens (tertiary/aromatic N) is 2. The summed E-state index contributed by atoms with van der Waals surface area (Å²) in [6.45, 7) is 0. The molecule has 4 rings (SSSR count). The third-order valence-corrected chi connectivity index (χ3v) is 4.22. The summed E-state index contributed by atoms with van der Waals surface area (Å²) in [4.78, 5) is 29.7. The number of aromatic nitrogens is 2. The second kappa shape index (κ2) is 7.03. The summed E-state index contributed by atoms with van der Waals surface area (Å²) in [7, 11) is 0. The number of carbonyl (C=O) groups excluding carboxylic acids is 1. The van der Waals surface area contributed by atoms with Gasteiger partial charge in [0.05, 0.1) is 22.7 Å². The predicted octanol–water partition coefficient (Wildman–Crippen LogP) is 5.00. The van der Waals surface area contributed by atoms with Crippen molar-refractivity contribution in [1.82, 2.24) is 9.97 Å². The van der Waals surface area contributed by atoms with Crippen LogP contribution in [-0.4, -0.2) is 20.8 Å². The zero-order valence-corrected chi connectivity index (χ0v) is 14.9. The highest BCUT2D eigenvalue weighted by Gasteiger charge is 2.30. The number of nitro groups is 1. The summed E-state index contributed by atoms with van der Waals surface area (Å²) in [5.41, 5.74) is 0.605. The van der Waals surface area contributed by atoms with Gasteiger partial charge in [0.2, 0.25) is 0 Å². The van der Waals surface area contributed by atoms with Gasteiger partial charge in [-0.3, -0.25) is 14.9 Å². The van der Waals surface area contributed by atoms with Gasteiger partial charge in [-0.25, -0.2) is 4.98 Å². The standard InChI is InChI=1S/C19H11F3N4O4/c20-19(21,22)11-2-4-12(5-3-11)23-18(27)10-1-6-13-14(9-10)25-17(24-13)15-7-8-16(30-15)26(28)29/h1-9H,(H,23,27)(H,24,25). The predicted molar refractivity (Wildman–Crippen MR) is 99.8 cm³/mol. The Kier molecular flexibility index (Phi) is 4.49. The smallest absolute Gasteiger partial charge is 0.397 e. The number of furan rings is 1. The first kappa shape index (κ1) is 19.2. The summed E-state index contributed by atoms with van der Waals surface area (Å²) in [6, 6.07) is 11.2. The summed E-state index contributed by atoms with van der Waals surface area (Å²) in [6.07, 6.45) is -4.46. The van der Waals surface area contributed by atoms with Crippen LogP contribution in [0.15, 0.2) is 59.0 Å². The first-order chi connectivity index (χ1) is 14.2. The van der Waals surface area contributed by atoms with Crippen molar-refractivity contribution in [1.29, 1.82) is 0 Å². The molecule has 1 amide bonds. The van der Waals surface area contributed by atoms with Gasteiger partial charge in [-0.1, -0.05) is 0 Å². The first-order valence-electron chi connectivity index (χ1n) is 8.44. The summed E-state index contributed by atoms with van der Waals surface area (Å²) in [5.74, 6) is -0.546. The topological polar surface area (TPSA) is 114 Å². The van der Waals surface area contributed by atoms with Crippen LogP contribution in [0.3, 0.4) is 0 Å². The Labute approximate surface area is 165 Å². The van der Waals surface area contributed by atoms with Gasteiger partial charge in [0.25, 0.3) is 5.91 Å². The van der Waals surface area contributed by atoms with Gasteiger partial charge in [-0.05, 0) is 48.5 Å². The Bertz CT molecular complexity index is 1260. The molecule has 8 nitrogen and oxygen atoms in total. The third kappa shape index (κ3) is 3.72. The minimum atomic E-state index is -4.46. The molecular weight excluding hydrogens is 405 g/mol. The fourth-order valence-corrected chi connectivity index (χ4v) is 2.77. The normalized spacial score (nSPS) is 11.6. The number of fused-ring (bicyclic) bond motifs is 1. The van der Waals surface area contributed by atoms with Crippen LogP contribution in [0, 0.1) is 10.1 Å². The number of aromatic amines is 1. The molecule has 0 aliphatic rings. The molecule has 2 aromatic heterocycles. The second-order valence-corrected chi connectivity index (χ2v) is 6.24. The van der Waals surface area contributed by atoms with Crippen molar-refractivity contribution in [3.63, 3.8) is 0 Å². The van der Waals surface area contributed by atoms with E-state index in [1.165, 1.54) is 24.3 Å². The van der Waals surface area contributed by atoms with Gasteiger partial charge < -0.3 is 14.7 Å². The van der Waals surface area contributed by atoms with E-state index in [1.54, 1.807) is 6.07 Å². The Morgan fingerprint density at radius 1 is 1.10 bits per heavy atom. The zero-order chi connectivity index (χ0) is 21.5. The van der Waals surface area contributed by atoms with Crippen molar-refractivity contribution >= 4 is 28.5 Å². The number of anilines is 1. The van der Waals surface area contributed by atoms with E-state index < -0.39 is 28.5 Å². The van der Waals surface area contributed by atoms with Crippen LogP contribution in [0.25, 0.3) is 22.6 Å². The van der Waals surface area contributed by atoms with Crippen LogP contribution in [0.2, 0.25) is 0 Å². The average molecular weight is 416 g/mol. The molecule has 0 aliphatic carbocycles. The fraction of sp³-hybridized carbons (Fsp3) is 0.0526. The van der Waals surface area contributed by atoms with E-state index in [4.69, 9.17) is 4.42 Å². The molecule has 0 fully saturated rings. The number of hydrogen-bond donors (Lipinski definition) is 2. The lowest BCUT2D eigenvalue weighted by Gasteiger charge is -2.09. The molecule has 0 saturated carbocycles. The SMILES string of the molecule is O=C(Nc1ccc(C(F)(F)F)cc1)c1ccc2nc(-c3ccc([N+](=O)[O-])o3)[nH]c2c1. The summed E-state index contributed by atoms with van der Waals surface area (Å²) < 4.78 is 43.0. The molecular formula is C19H11F3N4O4. The third-order valence-electron chi connectivity index (χ3n) is 4.22. The van der Waals surface area contributed by atoms with Crippen molar-refractivity contribution in [2.75, 3.05) is 5.32 Å². The second-order valence-electron chi connectivity index (χ2n) is 6.24. The number of alkyl halides is 3. The molecule has 4 aromatic rings. The van der Waals surface area contributed by atoms with E-state index in [0.717, 1.165) is 24.3 Å². The number of halogens is 3. The van der Waals surface area contributed by atoms with Crippen LogP contribution in [0.1, 0.15) is 15.9 Å². The highest BCUT2D eigenvalue weighted by molar-refractivity contribution is 6.06. The lowest BCUT2D eigenvalue weighted by atomic mass is 10.1. The van der Waals surface area contributed by atoms with E-state index in [9.17, 15) is 28.1 Å². The van der Waals surface area contributed by atoms with Gasteiger partial charge in [0.1, 0.15) is 4.92 Å². The van der Waals surface area contributed by atoms with Crippen molar-refractivity contribution in [3.8, 4) is 11.6 Å². The molecule has 0 bridgehead atoms. The van der Waals surface area contributed by atoms with Crippen LogP contribution >= 0.6 is 0 Å². The van der Waals surface area contributed by atoms with Gasteiger partial charge >= 0.3 is 12.1 Å². The maximum absolute atomic E-state index is 12.6. The molecule has 0 spiro atoms. The number of benzene rings is 2. The van der Waals surface area contributed by atoms with E-state index in [2.05, 4.69) is 15.3 Å². The molecule has 11 heteroatoms. The monoisotopic (exact) mass is 416 g/mol.